The van der Waals surface area contributed by atoms with Crippen molar-refractivity contribution in [1.29, 1.82) is 0 Å². The zero-order chi connectivity index (χ0) is 18.6. The van der Waals surface area contributed by atoms with Crippen LogP contribution in [0.5, 0.6) is 5.75 Å². The second-order valence-electron chi connectivity index (χ2n) is 6.91. The van der Waals surface area contributed by atoms with E-state index in [0.717, 1.165) is 12.8 Å². The molecule has 0 radical (unpaired) electrons. The lowest BCUT2D eigenvalue weighted by molar-refractivity contribution is -0.138. The molecular weight excluding hydrogens is 376 g/mol. The first-order valence-electron chi connectivity index (χ1n) is 8.65. The molecule has 1 aliphatic rings. The highest BCUT2D eigenvalue weighted by Gasteiger charge is 2.33. The lowest BCUT2D eigenvalue weighted by Gasteiger charge is -2.39. The monoisotopic (exact) mass is 404 g/mol. The fourth-order valence-corrected chi connectivity index (χ4v) is 4.87. The van der Waals surface area contributed by atoms with E-state index < -0.39 is 15.8 Å². The number of nitrogens with zero attached hydrogens (tertiary/aromatic N) is 1. The summed E-state index contributed by atoms with van der Waals surface area (Å²) in [7, 11) is -2.01. The molecule has 8 heteroatoms. The predicted molar refractivity (Wildman–Crippen MR) is 104 cm³/mol. The minimum absolute atomic E-state index is 0. The SMILES string of the molecule is COc1ccc(S(=O)(=O)CC(C)C(=O)N2CCC(C)CC2CN)cc1.Cl. The van der Waals surface area contributed by atoms with Gasteiger partial charge in [-0.25, -0.2) is 8.42 Å². The van der Waals surface area contributed by atoms with E-state index in [0.29, 0.717) is 24.8 Å². The first-order chi connectivity index (χ1) is 11.8. The molecule has 2 rings (SSSR count). The molecule has 0 bridgehead atoms. The molecule has 1 aliphatic heterocycles. The number of methoxy groups -OCH3 is 1. The third-order valence-corrected chi connectivity index (χ3v) is 6.77. The summed E-state index contributed by atoms with van der Waals surface area (Å²) in [5, 5.41) is 0. The molecule has 26 heavy (non-hydrogen) atoms. The molecule has 0 saturated carbocycles. The van der Waals surface area contributed by atoms with Gasteiger partial charge >= 0.3 is 0 Å². The summed E-state index contributed by atoms with van der Waals surface area (Å²) in [6.07, 6.45) is 1.81. The predicted octanol–water partition coefficient (Wildman–Crippen LogP) is 2.11. The van der Waals surface area contributed by atoms with E-state index in [1.165, 1.54) is 19.2 Å². The minimum Gasteiger partial charge on any atom is -0.497 e. The molecule has 1 aromatic rings. The standard InChI is InChI=1S/C18H28N2O4S.ClH/c1-13-8-9-20(15(10-13)11-19)18(21)14(2)12-25(22,23)17-6-4-16(24-3)5-7-17;/h4-7,13-15H,8-12,19H2,1-3H3;1H. The Kier molecular flexibility index (Phi) is 8.37. The van der Waals surface area contributed by atoms with E-state index in [-0.39, 0.29) is 35.0 Å². The maximum absolute atomic E-state index is 12.8. The van der Waals surface area contributed by atoms with Crippen molar-refractivity contribution in [1.82, 2.24) is 4.90 Å². The Bertz CT molecular complexity index is 694. The summed E-state index contributed by atoms with van der Waals surface area (Å²) in [6.45, 7) is 4.89. The molecule has 2 N–H and O–H groups in total. The molecule has 6 nitrogen and oxygen atoms in total. The van der Waals surface area contributed by atoms with Crippen LogP contribution in [0.1, 0.15) is 26.7 Å². The van der Waals surface area contributed by atoms with Crippen LogP contribution in [-0.2, 0) is 14.6 Å². The van der Waals surface area contributed by atoms with Gasteiger partial charge in [-0.05, 0) is 43.0 Å². The van der Waals surface area contributed by atoms with E-state index in [1.807, 2.05) is 0 Å². The van der Waals surface area contributed by atoms with E-state index in [4.69, 9.17) is 10.5 Å². The minimum atomic E-state index is -3.54. The van der Waals surface area contributed by atoms with E-state index in [2.05, 4.69) is 6.92 Å². The number of amides is 1. The maximum Gasteiger partial charge on any atom is 0.226 e. The van der Waals surface area contributed by atoms with Crippen molar-refractivity contribution < 1.29 is 17.9 Å². The molecule has 148 valence electrons. The highest BCUT2D eigenvalue weighted by Crippen LogP contribution is 2.25. The van der Waals surface area contributed by atoms with Gasteiger partial charge in [-0.3, -0.25) is 4.79 Å². The van der Waals surface area contributed by atoms with Gasteiger partial charge in [0.25, 0.3) is 0 Å². The number of carbonyl (C=O) groups is 1. The summed E-state index contributed by atoms with van der Waals surface area (Å²) in [4.78, 5) is 14.7. The van der Waals surface area contributed by atoms with Crippen molar-refractivity contribution in [3.8, 4) is 5.75 Å². The number of sulfone groups is 1. The van der Waals surface area contributed by atoms with Crippen molar-refractivity contribution in [2.75, 3.05) is 26.0 Å². The second-order valence-corrected chi connectivity index (χ2v) is 8.94. The highest BCUT2D eigenvalue weighted by atomic mass is 35.5. The average molecular weight is 405 g/mol. The van der Waals surface area contributed by atoms with Crippen LogP contribution in [0.4, 0.5) is 0 Å². The summed E-state index contributed by atoms with van der Waals surface area (Å²) < 4.78 is 30.2. The molecular formula is C18H29ClN2O4S. The second kappa shape index (κ2) is 9.58. The molecule has 3 unspecified atom stereocenters. The Labute approximate surface area is 162 Å². The lowest BCUT2D eigenvalue weighted by atomic mass is 9.91. The summed E-state index contributed by atoms with van der Waals surface area (Å²) in [5.41, 5.74) is 5.82. The highest BCUT2D eigenvalue weighted by molar-refractivity contribution is 7.91. The van der Waals surface area contributed by atoms with E-state index in [9.17, 15) is 13.2 Å². The molecule has 3 atom stereocenters. The van der Waals surface area contributed by atoms with Crippen LogP contribution in [0.2, 0.25) is 0 Å². The third kappa shape index (κ3) is 5.34. The summed E-state index contributed by atoms with van der Waals surface area (Å²) in [6, 6.07) is 6.24. The Morgan fingerprint density at radius 3 is 2.50 bits per heavy atom. The zero-order valence-electron chi connectivity index (χ0n) is 15.6. The van der Waals surface area contributed by atoms with Crippen LogP contribution in [-0.4, -0.2) is 51.2 Å². The van der Waals surface area contributed by atoms with Gasteiger partial charge in [-0.1, -0.05) is 13.8 Å². The van der Waals surface area contributed by atoms with Gasteiger partial charge in [-0.15, -0.1) is 12.4 Å². The number of likely N-dealkylation sites (tertiary alicyclic amines) is 1. The van der Waals surface area contributed by atoms with Gasteiger partial charge in [0.15, 0.2) is 9.84 Å². The fraction of sp³-hybridized carbons (Fsp3) is 0.611. The number of hydrogen-bond acceptors (Lipinski definition) is 5. The normalized spacial score (nSPS) is 21.6. The Balaban J connectivity index is 0.00000338. The smallest absolute Gasteiger partial charge is 0.226 e. The van der Waals surface area contributed by atoms with Gasteiger partial charge in [0, 0.05) is 25.0 Å². The molecule has 0 aliphatic carbocycles. The molecule has 0 spiro atoms. The largest absolute Gasteiger partial charge is 0.497 e. The Hall–Kier alpha value is -1.31. The van der Waals surface area contributed by atoms with E-state index >= 15 is 0 Å². The number of benzene rings is 1. The maximum atomic E-state index is 12.8. The Morgan fingerprint density at radius 2 is 1.96 bits per heavy atom. The van der Waals surface area contributed by atoms with Crippen molar-refractivity contribution >= 4 is 28.2 Å². The average Bonchev–Trinajstić information content (AvgIpc) is 2.60. The van der Waals surface area contributed by atoms with Gasteiger partial charge < -0.3 is 15.4 Å². The van der Waals surface area contributed by atoms with Crippen LogP contribution in [0, 0.1) is 11.8 Å². The zero-order valence-corrected chi connectivity index (χ0v) is 17.2. The lowest BCUT2D eigenvalue weighted by Crippen LogP contribution is -2.51. The van der Waals surface area contributed by atoms with Crippen LogP contribution in [0.3, 0.4) is 0 Å². The summed E-state index contributed by atoms with van der Waals surface area (Å²) >= 11 is 0. The number of halogens is 1. The van der Waals surface area contributed by atoms with E-state index in [1.54, 1.807) is 24.0 Å². The van der Waals surface area contributed by atoms with Crippen molar-refractivity contribution in [2.24, 2.45) is 17.6 Å². The van der Waals surface area contributed by atoms with Gasteiger partial charge in [0.1, 0.15) is 5.75 Å². The van der Waals surface area contributed by atoms with Crippen LogP contribution in [0.25, 0.3) is 0 Å². The molecule has 1 amide bonds. The quantitative estimate of drug-likeness (QED) is 0.784. The number of carbonyl (C=O) groups excluding carboxylic acids is 1. The number of hydrogen-bond donors (Lipinski definition) is 1. The molecule has 1 saturated heterocycles. The topological polar surface area (TPSA) is 89.7 Å². The van der Waals surface area contributed by atoms with Crippen LogP contribution in [0.15, 0.2) is 29.2 Å². The van der Waals surface area contributed by atoms with Crippen LogP contribution < -0.4 is 10.5 Å². The van der Waals surface area contributed by atoms with Crippen LogP contribution >= 0.6 is 12.4 Å². The fourth-order valence-electron chi connectivity index (χ4n) is 3.33. The molecule has 1 heterocycles. The first-order valence-corrected chi connectivity index (χ1v) is 10.3. The van der Waals surface area contributed by atoms with Gasteiger partial charge in [-0.2, -0.15) is 0 Å². The van der Waals surface area contributed by atoms with Crippen molar-refractivity contribution in [3.63, 3.8) is 0 Å². The first kappa shape index (κ1) is 22.7. The van der Waals surface area contributed by atoms with Gasteiger partial charge in [0.05, 0.1) is 17.8 Å². The van der Waals surface area contributed by atoms with Gasteiger partial charge in [0.2, 0.25) is 5.91 Å². The number of piperidine rings is 1. The third-order valence-electron chi connectivity index (χ3n) is 4.84. The molecule has 1 aromatic carbocycles. The summed E-state index contributed by atoms with van der Waals surface area (Å²) in [5.74, 6) is 0.197. The molecule has 0 aromatic heterocycles. The van der Waals surface area contributed by atoms with Crippen molar-refractivity contribution in [3.05, 3.63) is 24.3 Å². The number of nitrogens with two attached hydrogens (primary N) is 1. The number of ether oxygens (including phenoxy) is 1. The van der Waals surface area contributed by atoms with Crippen molar-refractivity contribution in [2.45, 2.75) is 37.6 Å². The Morgan fingerprint density at radius 1 is 1.35 bits per heavy atom. The number of rotatable bonds is 6. The molecule has 1 fully saturated rings.